The molecule has 1 heterocycles. The Hall–Kier alpha value is -0.0800. The largest absolute Gasteiger partial charge is 0.124 e. The van der Waals surface area contributed by atoms with Gasteiger partial charge in [-0.3, -0.25) is 0 Å². The molecule has 0 unspecified atom stereocenters. The van der Waals surface area contributed by atoms with Crippen molar-refractivity contribution in [3.05, 3.63) is 23.8 Å². The number of hydrogen-bond donors (Lipinski definition) is 0. The van der Waals surface area contributed by atoms with Crippen LogP contribution in [0, 0.1) is 0 Å². The van der Waals surface area contributed by atoms with Gasteiger partial charge in [0.1, 0.15) is 0 Å². The summed E-state index contributed by atoms with van der Waals surface area (Å²) in [6.45, 7) is 4.50. The normalized spacial score (nSPS) is 15.9. The highest BCUT2D eigenvalue weighted by atomic mass is 32.2. The first-order valence-electron chi connectivity index (χ1n) is 4.67. The molecule has 0 saturated carbocycles. The summed E-state index contributed by atoms with van der Waals surface area (Å²) >= 11 is 3.99. The zero-order valence-corrected chi connectivity index (χ0v) is 9.67. The summed E-state index contributed by atoms with van der Waals surface area (Å²) in [5.74, 6) is 3.18. The number of thioether (sulfide) groups is 2. The summed E-state index contributed by atoms with van der Waals surface area (Å²) in [5, 5.41) is 0. The van der Waals surface area contributed by atoms with Crippen molar-refractivity contribution in [3.8, 4) is 0 Å². The minimum absolute atomic E-state index is 0.651. The van der Waals surface area contributed by atoms with E-state index < -0.39 is 0 Å². The molecule has 1 aliphatic heterocycles. The monoisotopic (exact) mass is 210 g/mol. The summed E-state index contributed by atoms with van der Waals surface area (Å²) in [7, 11) is 0. The summed E-state index contributed by atoms with van der Waals surface area (Å²) in [6.07, 6.45) is 0. The molecule has 0 radical (unpaired) electrons. The Balaban J connectivity index is 2.35. The van der Waals surface area contributed by atoms with Crippen LogP contribution in [0.4, 0.5) is 0 Å². The van der Waals surface area contributed by atoms with Gasteiger partial charge in [-0.15, -0.1) is 23.5 Å². The van der Waals surface area contributed by atoms with Crippen LogP contribution < -0.4 is 0 Å². The Bertz CT molecular complexity index is 305. The first-order valence-corrected chi connectivity index (χ1v) is 6.64. The molecule has 0 amide bonds. The molecule has 70 valence electrons. The molecular weight excluding hydrogens is 196 g/mol. The standard InChI is InChI=1S/C11H14S2/c1-8(2)9-3-4-10-11(7-9)13-6-5-12-10/h3-4,7-8H,5-6H2,1-2H3. The fraction of sp³-hybridized carbons (Fsp3) is 0.455. The van der Waals surface area contributed by atoms with Gasteiger partial charge < -0.3 is 0 Å². The summed E-state index contributed by atoms with van der Waals surface area (Å²) in [6, 6.07) is 6.90. The highest BCUT2D eigenvalue weighted by Crippen LogP contribution is 2.37. The van der Waals surface area contributed by atoms with Crippen molar-refractivity contribution in [2.24, 2.45) is 0 Å². The summed E-state index contributed by atoms with van der Waals surface area (Å²) in [5.41, 5.74) is 1.47. The highest BCUT2D eigenvalue weighted by molar-refractivity contribution is 8.05. The predicted molar refractivity (Wildman–Crippen MR) is 62.0 cm³/mol. The van der Waals surface area contributed by atoms with Crippen molar-refractivity contribution in [1.29, 1.82) is 0 Å². The first kappa shape index (κ1) is 9.47. The Morgan fingerprint density at radius 3 is 2.46 bits per heavy atom. The summed E-state index contributed by atoms with van der Waals surface area (Å²) in [4.78, 5) is 2.96. The number of rotatable bonds is 1. The van der Waals surface area contributed by atoms with Gasteiger partial charge in [-0.1, -0.05) is 19.9 Å². The Kier molecular flexibility index (Phi) is 2.89. The lowest BCUT2D eigenvalue weighted by Gasteiger charge is -2.16. The third-order valence-electron chi connectivity index (χ3n) is 2.23. The molecule has 0 bridgehead atoms. The van der Waals surface area contributed by atoms with Gasteiger partial charge in [0.15, 0.2) is 0 Å². The smallest absolute Gasteiger partial charge is 0.0211 e. The molecule has 13 heavy (non-hydrogen) atoms. The average molecular weight is 210 g/mol. The third-order valence-corrected chi connectivity index (χ3v) is 4.75. The minimum atomic E-state index is 0.651. The van der Waals surface area contributed by atoms with E-state index in [1.165, 1.54) is 26.9 Å². The molecule has 1 aromatic rings. The molecule has 1 aliphatic rings. The molecule has 2 heteroatoms. The van der Waals surface area contributed by atoms with Crippen LogP contribution in [0.2, 0.25) is 0 Å². The maximum Gasteiger partial charge on any atom is 0.0211 e. The second kappa shape index (κ2) is 3.97. The second-order valence-electron chi connectivity index (χ2n) is 3.56. The van der Waals surface area contributed by atoms with Gasteiger partial charge in [0.25, 0.3) is 0 Å². The maximum absolute atomic E-state index is 2.36. The molecule has 1 aromatic carbocycles. The fourth-order valence-electron chi connectivity index (χ4n) is 1.42. The van der Waals surface area contributed by atoms with Crippen LogP contribution in [0.1, 0.15) is 25.3 Å². The number of benzene rings is 1. The Morgan fingerprint density at radius 2 is 1.77 bits per heavy atom. The molecule has 2 rings (SSSR count). The fourth-order valence-corrected chi connectivity index (χ4v) is 3.67. The zero-order valence-electron chi connectivity index (χ0n) is 8.04. The van der Waals surface area contributed by atoms with Crippen LogP contribution >= 0.6 is 23.5 Å². The van der Waals surface area contributed by atoms with E-state index in [1.54, 1.807) is 0 Å². The molecule has 0 N–H and O–H groups in total. The van der Waals surface area contributed by atoms with E-state index >= 15 is 0 Å². The van der Waals surface area contributed by atoms with Crippen molar-refractivity contribution in [3.63, 3.8) is 0 Å². The van der Waals surface area contributed by atoms with Crippen LogP contribution in [0.25, 0.3) is 0 Å². The zero-order chi connectivity index (χ0) is 9.26. The van der Waals surface area contributed by atoms with Gasteiger partial charge in [0.2, 0.25) is 0 Å². The van der Waals surface area contributed by atoms with E-state index in [2.05, 4.69) is 32.0 Å². The lowest BCUT2D eigenvalue weighted by atomic mass is 10.0. The third kappa shape index (κ3) is 2.05. The molecule has 0 nitrogen and oxygen atoms in total. The molecule has 0 spiro atoms. The van der Waals surface area contributed by atoms with Crippen LogP contribution in [0.5, 0.6) is 0 Å². The highest BCUT2D eigenvalue weighted by Gasteiger charge is 2.11. The quantitative estimate of drug-likeness (QED) is 0.687. The van der Waals surface area contributed by atoms with Crippen LogP contribution in [-0.4, -0.2) is 11.5 Å². The summed E-state index contributed by atoms with van der Waals surface area (Å²) < 4.78 is 0. The minimum Gasteiger partial charge on any atom is -0.124 e. The van der Waals surface area contributed by atoms with Gasteiger partial charge >= 0.3 is 0 Å². The molecule has 0 saturated heterocycles. The number of fused-ring (bicyclic) bond motifs is 1. The van der Waals surface area contributed by atoms with E-state index in [9.17, 15) is 0 Å². The van der Waals surface area contributed by atoms with Gasteiger partial charge in [-0.2, -0.15) is 0 Å². The van der Waals surface area contributed by atoms with Gasteiger partial charge in [0.05, 0.1) is 0 Å². The van der Waals surface area contributed by atoms with Crippen molar-refractivity contribution >= 4 is 23.5 Å². The van der Waals surface area contributed by atoms with E-state index in [0.717, 1.165) is 0 Å². The molecular formula is C11H14S2. The second-order valence-corrected chi connectivity index (χ2v) is 5.83. The Morgan fingerprint density at radius 1 is 1.08 bits per heavy atom. The van der Waals surface area contributed by atoms with Gasteiger partial charge in [-0.25, -0.2) is 0 Å². The number of hydrogen-bond acceptors (Lipinski definition) is 2. The van der Waals surface area contributed by atoms with Crippen molar-refractivity contribution in [1.82, 2.24) is 0 Å². The molecule has 0 fully saturated rings. The van der Waals surface area contributed by atoms with E-state index in [4.69, 9.17) is 0 Å². The van der Waals surface area contributed by atoms with Crippen molar-refractivity contribution < 1.29 is 0 Å². The van der Waals surface area contributed by atoms with Crippen LogP contribution in [0.3, 0.4) is 0 Å². The van der Waals surface area contributed by atoms with E-state index in [0.29, 0.717) is 5.92 Å². The molecule has 0 aromatic heterocycles. The SMILES string of the molecule is CC(C)c1ccc2c(c1)SCCS2. The first-order chi connectivity index (χ1) is 6.27. The lowest BCUT2D eigenvalue weighted by molar-refractivity contribution is 0.857. The van der Waals surface area contributed by atoms with E-state index in [1.807, 2.05) is 23.5 Å². The van der Waals surface area contributed by atoms with Gasteiger partial charge in [0, 0.05) is 21.3 Å². The van der Waals surface area contributed by atoms with Gasteiger partial charge in [-0.05, 0) is 23.6 Å². The lowest BCUT2D eigenvalue weighted by Crippen LogP contribution is -1.96. The Labute approximate surface area is 88.5 Å². The molecule has 0 aliphatic carbocycles. The van der Waals surface area contributed by atoms with Crippen LogP contribution in [-0.2, 0) is 0 Å². The topological polar surface area (TPSA) is 0 Å². The van der Waals surface area contributed by atoms with Crippen molar-refractivity contribution in [2.75, 3.05) is 11.5 Å². The molecule has 0 atom stereocenters. The van der Waals surface area contributed by atoms with Crippen LogP contribution in [0.15, 0.2) is 28.0 Å². The van der Waals surface area contributed by atoms with Crippen molar-refractivity contribution in [2.45, 2.75) is 29.6 Å². The van der Waals surface area contributed by atoms with E-state index in [-0.39, 0.29) is 0 Å². The maximum atomic E-state index is 2.36. The predicted octanol–water partition coefficient (Wildman–Crippen LogP) is 4.01. The average Bonchev–Trinajstić information content (AvgIpc) is 2.17.